The van der Waals surface area contributed by atoms with Gasteiger partial charge in [0.05, 0.1) is 17.8 Å². The van der Waals surface area contributed by atoms with Crippen LogP contribution in [0.2, 0.25) is 0 Å². The molecule has 3 heteroatoms. The number of hydrogen-bond acceptors (Lipinski definition) is 3. The Morgan fingerprint density at radius 1 is 0.909 bits per heavy atom. The van der Waals surface area contributed by atoms with Gasteiger partial charge in [-0.25, -0.2) is 0 Å². The van der Waals surface area contributed by atoms with E-state index in [0.717, 1.165) is 44.9 Å². The minimum atomic E-state index is -0.739. The van der Waals surface area contributed by atoms with Crippen LogP contribution in [-0.2, 0) is 0 Å². The van der Waals surface area contributed by atoms with Crippen LogP contribution >= 0.6 is 0 Å². The van der Waals surface area contributed by atoms with Crippen molar-refractivity contribution >= 4 is 0 Å². The van der Waals surface area contributed by atoms with Crippen molar-refractivity contribution in [2.45, 2.75) is 131 Å². The zero-order chi connectivity index (χ0) is 24.6. The van der Waals surface area contributed by atoms with Crippen LogP contribution in [0.5, 0.6) is 0 Å². The van der Waals surface area contributed by atoms with Crippen LogP contribution in [0.1, 0.15) is 113 Å². The SMILES string of the molecule is CC(C)=CCC[C@](C)(O)C1CC[C@]2(C)[C@@H]1[C@H](O)CC1[C@@]3(C)CC[C@H](O)C(C)(C)[C@@H]3CC[C@]12C. The van der Waals surface area contributed by atoms with Crippen LogP contribution in [0, 0.1) is 45.3 Å². The van der Waals surface area contributed by atoms with Crippen LogP contribution in [0.4, 0.5) is 0 Å². The summed E-state index contributed by atoms with van der Waals surface area (Å²) in [6.45, 7) is 18.3. The Balaban J connectivity index is 1.66. The molecule has 0 aromatic rings. The number of fused-ring (bicyclic) bond motifs is 5. The van der Waals surface area contributed by atoms with Gasteiger partial charge in [-0.05, 0) is 124 Å². The highest BCUT2D eigenvalue weighted by molar-refractivity contribution is 5.20. The second-order valence-corrected chi connectivity index (χ2v) is 14.5. The average molecular weight is 461 g/mol. The van der Waals surface area contributed by atoms with Crippen molar-refractivity contribution in [2.24, 2.45) is 45.3 Å². The van der Waals surface area contributed by atoms with E-state index in [4.69, 9.17) is 0 Å². The van der Waals surface area contributed by atoms with Crippen LogP contribution in [0.15, 0.2) is 11.6 Å². The molecule has 0 heterocycles. The van der Waals surface area contributed by atoms with Crippen molar-refractivity contribution in [3.05, 3.63) is 11.6 Å². The molecule has 0 aromatic heterocycles. The fourth-order valence-electron chi connectivity index (χ4n) is 10.3. The zero-order valence-corrected chi connectivity index (χ0v) is 22.7. The molecular weight excluding hydrogens is 408 g/mol. The summed E-state index contributed by atoms with van der Waals surface area (Å²) in [7, 11) is 0. The van der Waals surface area contributed by atoms with Gasteiger partial charge in [0.15, 0.2) is 0 Å². The topological polar surface area (TPSA) is 60.7 Å². The van der Waals surface area contributed by atoms with E-state index >= 15 is 0 Å². The molecular formula is C30H52O3. The predicted octanol–water partition coefficient (Wildman–Crippen LogP) is 6.50. The van der Waals surface area contributed by atoms with Crippen LogP contribution in [0.3, 0.4) is 0 Å². The van der Waals surface area contributed by atoms with Crippen molar-refractivity contribution in [2.75, 3.05) is 0 Å². The monoisotopic (exact) mass is 460 g/mol. The lowest BCUT2D eigenvalue weighted by atomic mass is 9.35. The molecule has 3 nitrogen and oxygen atoms in total. The summed E-state index contributed by atoms with van der Waals surface area (Å²) in [5.41, 5.74) is 0.885. The molecule has 3 N–H and O–H groups in total. The molecule has 4 fully saturated rings. The van der Waals surface area contributed by atoms with E-state index in [0.29, 0.717) is 11.8 Å². The normalized spacial score (nSPS) is 50.5. The molecule has 0 bridgehead atoms. The molecule has 4 rings (SSSR count). The summed E-state index contributed by atoms with van der Waals surface area (Å²) in [5, 5.41) is 34.3. The first-order valence-electron chi connectivity index (χ1n) is 13.8. The largest absolute Gasteiger partial charge is 0.393 e. The molecule has 0 amide bonds. The number of hydrogen-bond donors (Lipinski definition) is 3. The van der Waals surface area contributed by atoms with Gasteiger partial charge in [-0.15, -0.1) is 0 Å². The van der Waals surface area contributed by atoms with Gasteiger partial charge in [0.2, 0.25) is 0 Å². The quantitative estimate of drug-likeness (QED) is 0.420. The lowest BCUT2D eigenvalue weighted by Gasteiger charge is -2.70. The Labute approximate surface area is 203 Å². The van der Waals surface area contributed by atoms with Crippen molar-refractivity contribution < 1.29 is 15.3 Å². The van der Waals surface area contributed by atoms with Gasteiger partial charge in [-0.1, -0.05) is 46.3 Å². The highest BCUT2D eigenvalue weighted by Crippen LogP contribution is 2.75. The van der Waals surface area contributed by atoms with Gasteiger partial charge in [0, 0.05) is 0 Å². The molecule has 0 saturated heterocycles. The van der Waals surface area contributed by atoms with E-state index in [-0.39, 0.29) is 45.7 Å². The van der Waals surface area contributed by atoms with Crippen LogP contribution in [0.25, 0.3) is 0 Å². The Bertz CT molecular complexity index is 779. The maximum atomic E-state index is 11.8. The summed E-state index contributed by atoms with van der Waals surface area (Å²) in [6.07, 6.45) is 10.6. The Hall–Kier alpha value is -0.380. The average Bonchev–Trinajstić information content (AvgIpc) is 3.08. The molecule has 190 valence electrons. The Kier molecular flexibility index (Phi) is 6.28. The molecule has 4 saturated carbocycles. The molecule has 4 aliphatic rings. The second kappa shape index (κ2) is 8.07. The fraction of sp³-hybridized carbons (Fsp3) is 0.933. The first-order valence-corrected chi connectivity index (χ1v) is 13.8. The third-order valence-electron chi connectivity index (χ3n) is 12.4. The lowest BCUT2D eigenvalue weighted by Crippen LogP contribution is -2.66. The molecule has 33 heavy (non-hydrogen) atoms. The maximum absolute atomic E-state index is 11.8. The fourth-order valence-corrected chi connectivity index (χ4v) is 10.3. The third kappa shape index (κ3) is 3.61. The van der Waals surface area contributed by atoms with Crippen molar-refractivity contribution in [3.8, 4) is 0 Å². The zero-order valence-electron chi connectivity index (χ0n) is 22.7. The van der Waals surface area contributed by atoms with Gasteiger partial charge in [0.25, 0.3) is 0 Å². The molecule has 4 aliphatic carbocycles. The van der Waals surface area contributed by atoms with Crippen molar-refractivity contribution in [3.63, 3.8) is 0 Å². The smallest absolute Gasteiger partial charge is 0.0654 e. The lowest BCUT2D eigenvalue weighted by molar-refractivity contribution is -0.246. The minimum Gasteiger partial charge on any atom is -0.393 e. The molecule has 0 spiro atoms. The first kappa shape index (κ1) is 25.7. The summed E-state index contributed by atoms with van der Waals surface area (Å²) in [6, 6.07) is 0. The Morgan fingerprint density at radius 3 is 2.18 bits per heavy atom. The second-order valence-electron chi connectivity index (χ2n) is 14.5. The van der Waals surface area contributed by atoms with Crippen LogP contribution < -0.4 is 0 Å². The van der Waals surface area contributed by atoms with E-state index in [9.17, 15) is 15.3 Å². The van der Waals surface area contributed by atoms with E-state index in [1.165, 1.54) is 18.4 Å². The standard InChI is InChI=1S/C30H52O3/c1-19(2)10-9-14-30(8,33)20-11-16-29(7)25(20)21(31)18-23-27(5)15-13-24(32)26(3,4)22(27)12-17-28(23,29)6/h10,20-25,31-33H,9,11-18H2,1-8H3/t20?,21-,22+,23?,24+,25+,27+,28-,29-,30+/m1/s1. The molecule has 0 aromatic carbocycles. The molecule has 2 unspecified atom stereocenters. The van der Waals surface area contributed by atoms with Gasteiger partial charge in [-0.2, -0.15) is 0 Å². The number of allylic oxidation sites excluding steroid dienone is 2. The number of aliphatic hydroxyl groups is 3. The Morgan fingerprint density at radius 2 is 1.55 bits per heavy atom. The number of rotatable bonds is 4. The van der Waals surface area contributed by atoms with Gasteiger partial charge < -0.3 is 15.3 Å². The van der Waals surface area contributed by atoms with E-state index in [1.54, 1.807) is 0 Å². The molecule has 0 radical (unpaired) electrons. The van der Waals surface area contributed by atoms with Gasteiger partial charge >= 0.3 is 0 Å². The van der Waals surface area contributed by atoms with Gasteiger partial charge in [0.1, 0.15) is 0 Å². The maximum Gasteiger partial charge on any atom is 0.0654 e. The predicted molar refractivity (Wildman–Crippen MR) is 136 cm³/mol. The van der Waals surface area contributed by atoms with Crippen molar-refractivity contribution in [1.29, 1.82) is 0 Å². The summed E-state index contributed by atoms with van der Waals surface area (Å²) in [4.78, 5) is 0. The minimum absolute atomic E-state index is 0.0503. The summed E-state index contributed by atoms with van der Waals surface area (Å²) >= 11 is 0. The summed E-state index contributed by atoms with van der Waals surface area (Å²) < 4.78 is 0. The van der Waals surface area contributed by atoms with E-state index in [2.05, 4.69) is 54.5 Å². The third-order valence-corrected chi connectivity index (χ3v) is 12.4. The first-order chi connectivity index (χ1) is 15.1. The molecule has 0 aliphatic heterocycles. The number of aliphatic hydroxyl groups excluding tert-OH is 2. The summed E-state index contributed by atoms with van der Waals surface area (Å²) in [5.74, 6) is 1.31. The van der Waals surface area contributed by atoms with Crippen LogP contribution in [-0.4, -0.2) is 33.1 Å². The van der Waals surface area contributed by atoms with E-state index < -0.39 is 5.60 Å². The highest BCUT2D eigenvalue weighted by atomic mass is 16.3. The highest BCUT2D eigenvalue weighted by Gasteiger charge is 2.71. The van der Waals surface area contributed by atoms with Gasteiger partial charge in [-0.3, -0.25) is 0 Å². The molecule has 10 atom stereocenters. The van der Waals surface area contributed by atoms with Crippen molar-refractivity contribution in [1.82, 2.24) is 0 Å². The van der Waals surface area contributed by atoms with E-state index in [1.807, 2.05) is 6.92 Å².